The molecule has 2 N–H and O–H groups in total. The maximum Gasteiger partial charge on any atom is 0.241 e. The zero-order chi connectivity index (χ0) is 20.9. The molecule has 1 fully saturated rings. The van der Waals surface area contributed by atoms with Gasteiger partial charge in [0.05, 0.1) is 4.90 Å². The highest BCUT2D eigenvalue weighted by molar-refractivity contribution is 14.0. The first kappa shape index (κ1) is 26.5. The summed E-state index contributed by atoms with van der Waals surface area (Å²) in [5.74, 6) is 2.51. The minimum atomic E-state index is -3.59. The van der Waals surface area contributed by atoms with Crippen molar-refractivity contribution in [3.05, 3.63) is 29.8 Å². The quantitative estimate of drug-likeness (QED) is 0.331. The minimum Gasteiger partial charge on any atom is -0.352 e. The molecule has 1 atom stereocenters. The van der Waals surface area contributed by atoms with Gasteiger partial charge in [-0.1, -0.05) is 32.0 Å². The molecule has 166 valence electrons. The lowest BCUT2D eigenvalue weighted by molar-refractivity contribution is 0.380. The number of hydrogen-bond donors (Lipinski definition) is 2. The first-order valence-corrected chi connectivity index (χ1v) is 12.3. The predicted molar refractivity (Wildman–Crippen MR) is 135 cm³/mol. The molecular weight excluding hydrogens is 519 g/mol. The molecule has 0 aliphatic carbocycles. The molecule has 0 saturated carbocycles. The van der Waals surface area contributed by atoms with Crippen molar-refractivity contribution in [3.63, 3.8) is 0 Å². The molecule has 1 aliphatic rings. The van der Waals surface area contributed by atoms with E-state index in [9.17, 15) is 8.42 Å². The summed E-state index contributed by atoms with van der Waals surface area (Å²) in [7, 11) is -1.82. The van der Waals surface area contributed by atoms with Gasteiger partial charge in [0.15, 0.2) is 5.96 Å². The Kier molecular flexibility index (Phi) is 10.2. The Hall–Kier alpha value is -0.520. The monoisotopic (exact) mass is 554 g/mol. The van der Waals surface area contributed by atoms with Gasteiger partial charge in [-0.25, -0.2) is 13.1 Å². The minimum absolute atomic E-state index is 0. The van der Waals surface area contributed by atoms with Crippen molar-refractivity contribution in [1.82, 2.24) is 14.9 Å². The van der Waals surface area contributed by atoms with Crippen LogP contribution in [0.4, 0.5) is 0 Å². The molecule has 0 amide bonds. The Balaban J connectivity index is 0.00000420. The summed E-state index contributed by atoms with van der Waals surface area (Å²) < 4.78 is 28.4. The lowest BCUT2D eigenvalue weighted by atomic mass is 10.1. The van der Waals surface area contributed by atoms with Crippen LogP contribution in [-0.2, 0) is 16.6 Å². The van der Waals surface area contributed by atoms with E-state index in [2.05, 4.69) is 33.8 Å². The molecule has 0 spiro atoms. The van der Waals surface area contributed by atoms with Gasteiger partial charge in [-0.2, -0.15) is 11.8 Å². The maximum absolute atomic E-state index is 12.8. The molecule has 29 heavy (non-hydrogen) atoms. The van der Waals surface area contributed by atoms with E-state index in [4.69, 9.17) is 0 Å². The second-order valence-electron chi connectivity index (χ2n) is 8.46. The molecule has 1 aliphatic heterocycles. The summed E-state index contributed by atoms with van der Waals surface area (Å²) >= 11 is 2.02. The van der Waals surface area contributed by atoms with Gasteiger partial charge in [0.25, 0.3) is 0 Å². The summed E-state index contributed by atoms with van der Waals surface area (Å²) in [6.07, 6.45) is 0. The van der Waals surface area contributed by atoms with Crippen molar-refractivity contribution in [1.29, 1.82) is 0 Å². The third-order valence-electron chi connectivity index (χ3n) is 4.49. The van der Waals surface area contributed by atoms with Crippen molar-refractivity contribution in [3.8, 4) is 0 Å². The topological polar surface area (TPSA) is 73.8 Å². The van der Waals surface area contributed by atoms with Crippen LogP contribution in [0.2, 0.25) is 0 Å². The molecule has 1 aromatic rings. The third-order valence-corrected chi connectivity index (χ3v) is 7.89. The third kappa shape index (κ3) is 7.91. The van der Waals surface area contributed by atoms with Crippen LogP contribution in [0.3, 0.4) is 0 Å². The van der Waals surface area contributed by atoms with Gasteiger partial charge in [0.1, 0.15) is 0 Å². The average molecular weight is 555 g/mol. The molecule has 1 unspecified atom stereocenters. The molecule has 2 rings (SSSR count). The van der Waals surface area contributed by atoms with Gasteiger partial charge in [-0.15, -0.1) is 24.0 Å². The second kappa shape index (κ2) is 11.2. The van der Waals surface area contributed by atoms with Crippen LogP contribution in [0.5, 0.6) is 0 Å². The van der Waals surface area contributed by atoms with E-state index in [-0.39, 0.29) is 24.0 Å². The van der Waals surface area contributed by atoms with Crippen LogP contribution in [0.1, 0.15) is 40.2 Å². The van der Waals surface area contributed by atoms with Crippen molar-refractivity contribution in [2.45, 2.75) is 56.8 Å². The Labute approximate surface area is 197 Å². The fraction of sp³-hybridized carbons (Fsp3) is 0.650. The summed E-state index contributed by atoms with van der Waals surface area (Å²) in [5, 5.41) is 3.94. The average Bonchev–Trinajstić information content (AvgIpc) is 2.61. The first-order chi connectivity index (χ1) is 13.0. The van der Waals surface area contributed by atoms with E-state index in [1.807, 2.05) is 44.7 Å². The Bertz CT molecular complexity index is 792. The summed E-state index contributed by atoms with van der Waals surface area (Å²) in [5.41, 5.74) is 0.194. The van der Waals surface area contributed by atoms with Gasteiger partial charge >= 0.3 is 0 Å². The number of nitrogens with one attached hydrogen (secondary N) is 2. The number of aliphatic imine (C=N–C) groups is 1. The van der Waals surface area contributed by atoms with E-state index in [0.717, 1.165) is 30.4 Å². The molecule has 0 bridgehead atoms. The molecule has 0 aromatic heterocycles. The number of hydrogen-bond acceptors (Lipinski definition) is 4. The number of nitrogens with zero attached hydrogens (tertiary/aromatic N) is 2. The highest BCUT2D eigenvalue weighted by Gasteiger charge is 2.26. The standard InChI is InChI=1S/C20H34N4O2S2.HI/c1-15(2)17-14-24(11-12-27-17)19(21-6)22-13-16-9-7-8-10-18(16)28(25,26)23-20(3,4)5;/h7-10,15,17,23H,11-14H2,1-6H3,(H,21,22);1H. The summed E-state index contributed by atoms with van der Waals surface area (Å²) in [6.45, 7) is 12.3. The van der Waals surface area contributed by atoms with Crippen LogP contribution in [-0.4, -0.2) is 56.0 Å². The normalized spacial score (nSPS) is 18.5. The van der Waals surface area contributed by atoms with Crippen molar-refractivity contribution < 1.29 is 8.42 Å². The Morgan fingerprint density at radius 2 is 1.97 bits per heavy atom. The zero-order valence-corrected chi connectivity index (χ0v) is 22.2. The Morgan fingerprint density at radius 3 is 2.55 bits per heavy atom. The fourth-order valence-electron chi connectivity index (χ4n) is 3.15. The van der Waals surface area contributed by atoms with Crippen molar-refractivity contribution in [2.24, 2.45) is 10.9 Å². The lowest BCUT2D eigenvalue weighted by Crippen LogP contribution is -2.49. The van der Waals surface area contributed by atoms with Crippen molar-refractivity contribution in [2.75, 3.05) is 25.9 Å². The number of rotatable bonds is 5. The van der Waals surface area contributed by atoms with Gasteiger partial charge in [-0.3, -0.25) is 4.99 Å². The van der Waals surface area contributed by atoms with E-state index >= 15 is 0 Å². The van der Waals surface area contributed by atoms with Crippen molar-refractivity contribution >= 4 is 51.7 Å². The molecule has 9 heteroatoms. The predicted octanol–water partition coefficient (Wildman–Crippen LogP) is 3.53. The highest BCUT2D eigenvalue weighted by Crippen LogP contribution is 2.25. The smallest absolute Gasteiger partial charge is 0.241 e. The van der Waals surface area contributed by atoms with Crippen LogP contribution in [0, 0.1) is 5.92 Å². The molecule has 0 radical (unpaired) electrons. The van der Waals surface area contributed by atoms with Gasteiger partial charge in [0, 0.05) is 43.2 Å². The SMILES string of the molecule is CN=C(NCc1ccccc1S(=O)(=O)NC(C)(C)C)N1CCSC(C(C)C)C1.I. The zero-order valence-electron chi connectivity index (χ0n) is 18.2. The van der Waals surface area contributed by atoms with Crippen LogP contribution in [0.15, 0.2) is 34.2 Å². The van der Waals surface area contributed by atoms with E-state index in [1.54, 1.807) is 19.2 Å². The molecule has 6 nitrogen and oxygen atoms in total. The fourth-order valence-corrected chi connectivity index (χ4v) is 6.11. The van der Waals surface area contributed by atoms with Crippen LogP contribution >= 0.6 is 35.7 Å². The summed E-state index contributed by atoms with van der Waals surface area (Å²) in [4.78, 5) is 7.01. The largest absolute Gasteiger partial charge is 0.352 e. The van der Waals surface area contributed by atoms with E-state index in [1.165, 1.54) is 0 Å². The number of guanidine groups is 1. The number of halogens is 1. The first-order valence-electron chi connectivity index (χ1n) is 9.72. The Morgan fingerprint density at radius 1 is 1.31 bits per heavy atom. The van der Waals surface area contributed by atoms with Gasteiger partial charge < -0.3 is 10.2 Å². The highest BCUT2D eigenvalue weighted by atomic mass is 127. The molecule has 1 saturated heterocycles. The van der Waals surface area contributed by atoms with E-state index in [0.29, 0.717) is 22.6 Å². The maximum atomic E-state index is 12.8. The number of benzene rings is 1. The molecule has 1 heterocycles. The van der Waals surface area contributed by atoms with Gasteiger partial charge in [-0.05, 0) is 38.3 Å². The summed E-state index contributed by atoms with van der Waals surface area (Å²) in [6, 6.07) is 7.12. The molecular formula is C20H35IN4O2S2. The number of thioether (sulfide) groups is 1. The van der Waals surface area contributed by atoms with Crippen LogP contribution in [0.25, 0.3) is 0 Å². The lowest BCUT2D eigenvalue weighted by Gasteiger charge is -2.36. The van der Waals surface area contributed by atoms with Crippen LogP contribution < -0.4 is 10.0 Å². The molecule has 1 aromatic carbocycles. The van der Waals surface area contributed by atoms with E-state index < -0.39 is 15.6 Å². The number of sulfonamides is 1. The van der Waals surface area contributed by atoms with Gasteiger partial charge in [0.2, 0.25) is 10.0 Å². The second-order valence-corrected chi connectivity index (χ2v) is 11.5.